The van der Waals surface area contributed by atoms with Gasteiger partial charge in [0.2, 0.25) is 0 Å². The zero-order chi connectivity index (χ0) is 14.4. The van der Waals surface area contributed by atoms with E-state index in [1.165, 1.54) is 0 Å². The maximum absolute atomic E-state index is 11.7. The van der Waals surface area contributed by atoms with Gasteiger partial charge in [0.1, 0.15) is 6.61 Å². The fraction of sp³-hybridized carbons (Fsp3) is 0.133. The number of benzene rings is 2. The normalized spacial score (nSPS) is 10.1. The molecular formula is C15H14BrNO3. The van der Waals surface area contributed by atoms with Crippen molar-refractivity contribution in [3.05, 3.63) is 64.1 Å². The fourth-order valence-corrected chi connectivity index (χ4v) is 2.03. The molecule has 0 aliphatic heterocycles. The fourth-order valence-electron chi connectivity index (χ4n) is 1.67. The summed E-state index contributed by atoms with van der Waals surface area (Å²) < 4.78 is 5.94. The highest BCUT2D eigenvalue weighted by atomic mass is 79.9. The van der Waals surface area contributed by atoms with Crippen molar-refractivity contribution in [1.82, 2.24) is 0 Å². The molecule has 2 N–H and O–H groups in total. The third kappa shape index (κ3) is 4.08. The number of carbonyl (C=O) groups excluding carboxylic acids is 1. The predicted octanol–water partition coefficient (Wildman–Crippen LogP) is 3.69. The van der Waals surface area contributed by atoms with Crippen molar-refractivity contribution in [2.75, 3.05) is 5.32 Å². The van der Waals surface area contributed by atoms with Crippen molar-refractivity contribution >= 4 is 27.7 Å². The van der Waals surface area contributed by atoms with Gasteiger partial charge in [0, 0.05) is 10.0 Å². The Bertz CT molecular complexity index is 587. The van der Waals surface area contributed by atoms with Gasteiger partial charge in [0.25, 0.3) is 0 Å². The maximum Gasteiger partial charge on any atom is 0.411 e. The molecule has 2 aromatic rings. The molecule has 1 amide bonds. The molecule has 20 heavy (non-hydrogen) atoms. The zero-order valence-electron chi connectivity index (χ0n) is 10.7. The highest BCUT2D eigenvalue weighted by molar-refractivity contribution is 9.10. The van der Waals surface area contributed by atoms with Crippen LogP contribution in [0.3, 0.4) is 0 Å². The highest BCUT2D eigenvalue weighted by Gasteiger charge is 2.08. The third-order valence-corrected chi connectivity index (χ3v) is 3.18. The average Bonchev–Trinajstić information content (AvgIpc) is 2.46. The molecule has 0 aromatic heterocycles. The zero-order valence-corrected chi connectivity index (χ0v) is 12.3. The summed E-state index contributed by atoms with van der Waals surface area (Å²) in [5, 5.41) is 11.8. The van der Waals surface area contributed by atoms with Crippen molar-refractivity contribution in [1.29, 1.82) is 0 Å². The van der Waals surface area contributed by atoms with Crippen molar-refractivity contribution in [2.24, 2.45) is 0 Å². The van der Waals surface area contributed by atoms with Gasteiger partial charge in [-0.15, -0.1) is 0 Å². The molecule has 0 aliphatic rings. The van der Waals surface area contributed by atoms with E-state index in [2.05, 4.69) is 21.2 Å². The van der Waals surface area contributed by atoms with Crippen molar-refractivity contribution < 1.29 is 14.6 Å². The molecule has 104 valence electrons. The lowest BCUT2D eigenvalue weighted by molar-refractivity contribution is 0.155. The van der Waals surface area contributed by atoms with Crippen LogP contribution in [0.25, 0.3) is 0 Å². The SMILES string of the molecule is O=C(Nc1cc(Br)ccc1CO)OCc1ccccc1. The monoisotopic (exact) mass is 335 g/mol. The van der Waals surface area contributed by atoms with Crippen LogP contribution in [0.4, 0.5) is 10.5 Å². The Labute approximate surface area is 125 Å². The number of halogens is 1. The third-order valence-electron chi connectivity index (χ3n) is 2.69. The Morgan fingerprint density at radius 1 is 1.20 bits per heavy atom. The minimum Gasteiger partial charge on any atom is -0.444 e. The van der Waals surface area contributed by atoms with E-state index in [0.29, 0.717) is 11.3 Å². The summed E-state index contributed by atoms with van der Waals surface area (Å²) in [5.74, 6) is 0. The summed E-state index contributed by atoms with van der Waals surface area (Å²) >= 11 is 3.32. The number of ether oxygens (including phenoxy) is 1. The van der Waals surface area contributed by atoms with E-state index < -0.39 is 6.09 Å². The Hall–Kier alpha value is -1.85. The molecule has 0 radical (unpaired) electrons. The first-order valence-corrected chi connectivity index (χ1v) is 6.85. The largest absolute Gasteiger partial charge is 0.444 e. The number of hydrogen-bond donors (Lipinski definition) is 2. The molecular weight excluding hydrogens is 322 g/mol. The van der Waals surface area contributed by atoms with Crippen molar-refractivity contribution in [3.8, 4) is 0 Å². The van der Waals surface area contributed by atoms with Crippen LogP contribution in [0.5, 0.6) is 0 Å². The van der Waals surface area contributed by atoms with E-state index in [1.54, 1.807) is 18.2 Å². The average molecular weight is 336 g/mol. The number of hydrogen-bond acceptors (Lipinski definition) is 3. The number of carbonyl (C=O) groups is 1. The van der Waals surface area contributed by atoms with Crippen molar-refractivity contribution in [3.63, 3.8) is 0 Å². The Balaban J connectivity index is 1.96. The van der Waals surface area contributed by atoms with Gasteiger partial charge in [-0.05, 0) is 17.7 Å². The minimum atomic E-state index is -0.554. The number of aliphatic hydroxyl groups is 1. The van der Waals surface area contributed by atoms with Gasteiger partial charge < -0.3 is 9.84 Å². The highest BCUT2D eigenvalue weighted by Crippen LogP contribution is 2.21. The molecule has 0 fully saturated rings. The van der Waals surface area contributed by atoms with E-state index in [9.17, 15) is 9.90 Å². The Morgan fingerprint density at radius 2 is 1.95 bits per heavy atom. The molecule has 4 nitrogen and oxygen atoms in total. The van der Waals surface area contributed by atoms with Crippen LogP contribution in [-0.4, -0.2) is 11.2 Å². The Morgan fingerprint density at radius 3 is 2.65 bits per heavy atom. The number of amides is 1. The second kappa shape index (κ2) is 7.07. The summed E-state index contributed by atoms with van der Waals surface area (Å²) in [7, 11) is 0. The first-order chi connectivity index (χ1) is 9.69. The first-order valence-electron chi connectivity index (χ1n) is 6.06. The van der Waals surface area contributed by atoms with Crippen LogP contribution >= 0.6 is 15.9 Å². The van der Waals surface area contributed by atoms with Crippen LogP contribution in [-0.2, 0) is 18.0 Å². The summed E-state index contributed by atoms with van der Waals surface area (Å²) in [6.45, 7) is 0.0523. The topological polar surface area (TPSA) is 58.6 Å². The lowest BCUT2D eigenvalue weighted by Gasteiger charge is -2.10. The minimum absolute atomic E-state index is 0.151. The quantitative estimate of drug-likeness (QED) is 0.895. The van der Waals surface area contributed by atoms with Crippen LogP contribution in [0.1, 0.15) is 11.1 Å². The summed E-state index contributed by atoms with van der Waals surface area (Å²) in [4.78, 5) is 11.7. The van der Waals surface area contributed by atoms with E-state index in [4.69, 9.17) is 4.74 Å². The summed E-state index contributed by atoms with van der Waals surface area (Å²) in [6, 6.07) is 14.7. The second-order valence-corrected chi connectivity index (χ2v) is 5.06. The van der Waals surface area contributed by atoms with Crippen LogP contribution in [0, 0.1) is 0 Å². The predicted molar refractivity (Wildman–Crippen MR) is 80.3 cm³/mol. The molecule has 2 rings (SSSR count). The van der Waals surface area contributed by atoms with Gasteiger partial charge in [-0.25, -0.2) is 4.79 Å². The molecule has 0 spiro atoms. The molecule has 0 saturated heterocycles. The van der Waals surface area contributed by atoms with Crippen LogP contribution < -0.4 is 5.32 Å². The molecule has 0 heterocycles. The molecule has 0 unspecified atom stereocenters. The van der Waals surface area contributed by atoms with E-state index in [-0.39, 0.29) is 13.2 Å². The first kappa shape index (κ1) is 14.6. The number of anilines is 1. The molecule has 0 bridgehead atoms. The molecule has 0 saturated carbocycles. The molecule has 0 aliphatic carbocycles. The smallest absolute Gasteiger partial charge is 0.411 e. The standard InChI is InChI=1S/C15H14BrNO3/c16-13-7-6-12(9-18)14(8-13)17-15(19)20-10-11-4-2-1-3-5-11/h1-8,18H,9-10H2,(H,17,19). The van der Waals surface area contributed by atoms with Gasteiger partial charge in [-0.3, -0.25) is 5.32 Å². The van der Waals surface area contributed by atoms with Gasteiger partial charge >= 0.3 is 6.09 Å². The van der Waals surface area contributed by atoms with E-state index in [1.807, 2.05) is 30.3 Å². The van der Waals surface area contributed by atoms with E-state index in [0.717, 1.165) is 10.0 Å². The maximum atomic E-state index is 11.7. The van der Waals surface area contributed by atoms with Gasteiger partial charge in [0.15, 0.2) is 0 Å². The number of nitrogens with one attached hydrogen (secondary N) is 1. The molecule has 5 heteroatoms. The summed E-state index contributed by atoms with van der Waals surface area (Å²) in [6.07, 6.45) is -0.554. The second-order valence-electron chi connectivity index (χ2n) is 4.15. The van der Waals surface area contributed by atoms with E-state index >= 15 is 0 Å². The summed E-state index contributed by atoms with van der Waals surface area (Å²) in [5.41, 5.74) is 2.07. The number of rotatable bonds is 4. The number of aliphatic hydroxyl groups excluding tert-OH is 1. The van der Waals surface area contributed by atoms with Crippen molar-refractivity contribution in [2.45, 2.75) is 13.2 Å². The lowest BCUT2D eigenvalue weighted by Crippen LogP contribution is -2.14. The lowest BCUT2D eigenvalue weighted by atomic mass is 10.2. The van der Waals surface area contributed by atoms with Gasteiger partial charge in [-0.2, -0.15) is 0 Å². The van der Waals surface area contributed by atoms with Crippen LogP contribution in [0.2, 0.25) is 0 Å². The molecule has 0 atom stereocenters. The van der Waals surface area contributed by atoms with Gasteiger partial charge in [-0.1, -0.05) is 52.3 Å². The Kier molecular flexibility index (Phi) is 5.15. The molecule has 2 aromatic carbocycles. The van der Waals surface area contributed by atoms with Crippen LogP contribution in [0.15, 0.2) is 53.0 Å². The van der Waals surface area contributed by atoms with Gasteiger partial charge in [0.05, 0.1) is 12.3 Å².